The van der Waals surface area contributed by atoms with Crippen molar-refractivity contribution < 1.29 is 14.3 Å². The fraction of sp³-hybridized carbons (Fsp3) is 0.350. The zero-order chi connectivity index (χ0) is 18.4. The first kappa shape index (κ1) is 19.1. The molecule has 1 atom stereocenters. The van der Waals surface area contributed by atoms with Gasteiger partial charge in [0.15, 0.2) is 0 Å². The van der Waals surface area contributed by atoms with Gasteiger partial charge in [-0.15, -0.1) is 0 Å². The van der Waals surface area contributed by atoms with E-state index >= 15 is 0 Å². The first-order chi connectivity index (χ1) is 11.7. The quantitative estimate of drug-likeness (QED) is 0.830. The van der Waals surface area contributed by atoms with Crippen molar-refractivity contribution in [3.05, 3.63) is 59.1 Å². The normalized spacial score (nSPS) is 12.4. The molecule has 0 saturated carbocycles. The maximum atomic E-state index is 12.6. The second kappa shape index (κ2) is 8.26. The predicted octanol–water partition coefficient (Wildman–Crippen LogP) is 4.39. The summed E-state index contributed by atoms with van der Waals surface area (Å²) in [5.41, 5.74) is 0.771. The molecule has 25 heavy (non-hydrogen) atoms. The number of ether oxygens (including phenoxy) is 2. The van der Waals surface area contributed by atoms with Crippen molar-refractivity contribution in [2.75, 3.05) is 6.61 Å². The molecule has 0 aromatic heterocycles. The molecule has 0 fully saturated rings. The lowest BCUT2D eigenvalue weighted by atomic mass is 10.1. The summed E-state index contributed by atoms with van der Waals surface area (Å²) in [5.74, 6) is 1.03. The minimum absolute atomic E-state index is 0.0947. The highest BCUT2D eigenvalue weighted by atomic mass is 35.5. The molecule has 0 aliphatic rings. The van der Waals surface area contributed by atoms with Crippen molar-refractivity contribution in [1.29, 1.82) is 0 Å². The lowest BCUT2D eigenvalue weighted by Gasteiger charge is -2.25. The molecule has 1 unspecified atom stereocenters. The molecular formula is C20H24ClNO3. The van der Waals surface area contributed by atoms with Crippen LogP contribution < -0.4 is 14.8 Å². The van der Waals surface area contributed by atoms with Gasteiger partial charge in [-0.05, 0) is 64.1 Å². The molecule has 0 spiro atoms. The van der Waals surface area contributed by atoms with Crippen molar-refractivity contribution in [2.24, 2.45) is 0 Å². The maximum Gasteiger partial charge on any atom is 0.265 e. The van der Waals surface area contributed by atoms with Crippen LogP contribution in [0, 0.1) is 6.92 Å². The molecule has 0 saturated heterocycles. The molecule has 2 aromatic rings. The molecule has 0 aliphatic carbocycles. The van der Waals surface area contributed by atoms with Crippen LogP contribution in [0.5, 0.6) is 11.5 Å². The van der Waals surface area contributed by atoms with Gasteiger partial charge in [0, 0.05) is 10.6 Å². The van der Waals surface area contributed by atoms with Gasteiger partial charge in [0.05, 0.1) is 0 Å². The summed E-state index contributed by atoms with van der Waals surface area (Å²) in [4.78, 5) is 12.6. The molecule has 0 bridgehead atoms. The van der Waals surface area contributed by atoms with E-state index < -0.39 is 6.10 Å². The number of hydrogen-bond acceptors (Lipinski definition) is 3. The highest BCUT2D eigenvalue weighted by Gasteiger charge is 2.25. The fourth-order valence-corrected chi connectivity index (χ4v) is 2.22. The average molecular weight is 362 g/mol. The Morgan fingerprint density at radius 1 is 1.04 bits per heavy atom. The third kappa shape index (κ3) is 6.67. The Kier molecular flexibility index (Phi) is 6.32. The Balaban J connectivity index is 2.08. The monoisotopic (exact) mass is 361 g/mol. The molecular weight excluding hydrogens is 338 g/mol. The third-order valence-corrected chi connectivity index (χ3v) is 3.56. The van der Waals surface area contributed by atoms with Gasteiger partial charge in [-0.25, -0.2) is 0 Å². The van der Waals surface area contributed by atoms with E-state index in [1.807, 2.05) is 52.0 Å². The molecule has 2 aromatic carbocycles. The van der Waals surface area contributed by atoms with Gasteiger partial charge in [-0.1, -0.05) is 29.3 Å². The summed E-state index contributed by atoms with van der Waals surface area (Å²) in [6.07, 6.45) is -0.766. The van der Waals surface area contributed by atoms with Gasteiger partial charge in [0.1, 0.15) is 18.1 Å². The van der Waals surface area contributed by atoms with E-state index in [0.29, 0.717) is 16.5 Å². The number of aryl methyl sites for hydroxylation is 1. The number of benzene rings is 2. The van der Waals surface area contributed by atoms with Crippen molar-refractivity contribution >= 4 is 17.5 Å². The Bertz CT molecular complexity index is 690. The molecule has 2 rings (SSSR count). The van der Waals surface area contributed by atoms with Crippen molar-refractivity contribution in [2.45, 2.75) is 39.3 Å². The van der Waals surface area contributed by atoms with Gasteiger partial charge in [0.25, 0.3) is 5.91 Å². The smallest absolute Gasteiger partial charge is 0.265 e. The second-order valence-corrected chi connectivity index (χ2v) is 7.36. The van der Waals surface area contributed by atoms with Gasteiger partial charge in [-0.2, -0.15) is 0 Å². The number of amides is 1. The fourth-order valence-electron chi connectivity index (χ4n) is 2.10. The largest absolute Gasteiger partial charge is 0.489 e. The van der Waals surface area contributed by atoms with Crippen LogP contribution in [0.25, 0.3) is 0 Å². The number of rotatable bonds is 6. The first-order valence-electron chi connectivity index (χ1n) is 8.17. The Labute approximate surface area is 154 Å². The van der Waals surface area contributed by atoms with E-state index in [9.17, 15) is 4.79 Å². The van der Waals surface area contributed by atoms with Crippen LogP contribution in [0.1, 0.15) is 26.3 Å². The van der Waals surface area contributed by atoms with Crippen LogP contribution in [-0.2, 0) is 4.79 Å². The summed E-state index contributed by atoms with van der Waals surface area (Å²) in [6, 6.07) is 14.6. The molecule has 4 nitrogen and oxygen atoms in total. The number of halogens is 1. The van der Waals surface area contributed by atoms with Gasteiger partial charge in [0.2, 0.25) is 6.10 Å². The number of hydrogen-bond donors (Lipinski definition) is 1. The minimum Gasteiger partial charge on any atom is -0.489 e. The summed E-state index contributed by atoms with van der Waals surface area (Å²) in [6.45, 7) is 7.87. The molecule has 1 amide bonds. The Morgan fingerprint density at radius 2 is 1.60 bits per heavy atom. The van der Waals surface area contributed by atoms with Crippen molar-refractivity contribution in [1.82, 2.24) is 5.32 Å². The number of carbonyl (C=O) groups is 1. The van der Waals surface area contributed by atoms with Crippen molar-refractivity contribution in [3.8, 4) is 11.5 Å². The topological polar surface area (TPSA) is 47.6 Å². The molecule has 0 aliphatic heterocycles. The lowest BCUT2D eigenvalue weighted by Crippen LogP contribution is -2.49. The summed E-state index contributed by atoms with van der Waals surface area (Å²) >= 11 is 5.87. The van der Waals surface area contributed by atoms with Crippen LogP contribution in [0.2, 0.25) is 5.02 Å². The van der Waals surface area contributed by atoms with E-state index in [1.165, 1.54) is 0 Å². The molecule has 134 valence electrons. The molecule has 1 N–H and O–H groups in total. The second-order valence-electron chi connectivity index (χ2n) is 6.92. The van der Waals surface area contributed by atoms with E-state index in [-0.39, 0.29) is 18.1 Å². The zero-order valence-electron chi connectivity index (χ0n) is 15.0. The van der Waals surface area contributed by atoms with Crippen LogP contribution in [-0.4, -0.2) is 24.2 Å². The SMILES string of the molecule is Cc1ccc(OC(COc2ccc(Cl)cc2)C(=O)NC(C)(C)C)cc1. The Morgan fingerprint density at radius 3 is 2.16 bits per heavy atom. The van der Waals surface area contributed by atoms with E-state index in [2.05, 4.69) is 5.32 Å². The van der Waals surface area contributed by atoms with E-state index in [4.69, 9.17) is 21.1 Å². The summed E-state index contributed by atoms with van der Waals surface area (Å²) < 4.78 is 11.6. The van der Waals surface area contributed by atoms with Gasteiger partial charge < -0.3 is 14.8 Å². The highest BCUT2D eigenvalue weighted by Crippen LogP contribution is 2.18. The number of carbonyl (C=O) groups excluding carboxylic acids is 1. The van der Waals surface area contributed by atoms with Crippen LogP contribution in [0.15, 0.2) is 48.5 Å². The molecule has 0 heterocycles. The van der Waals surface area contributed by atoms with Crippen LogP contribution >= 0.6 is 11.6 Å². The minimum atomic E-state index is -0.766. The average Bonchev–Trinajstić information content (AvgIpc) is 2.53. The van der Waals surface area contributed by atoms with E-state index in [1.54, 1.807) is 24.3 Å². The predicted molar refractivity (Wildman–Crippen MR) is 100 cm³/mol. The molecule has 5 heteroatoms. The van der Waals surface area contributed by atoms with Gasteiger partial charge in [-0.3, -0.25) is 4.79 Å². The third-order valence-electron chi connectivity index (χ3n) is 3.30. The van der Waals surface area contributed by atoms with Crippen molar-refractivity contribution in [3.63, 3.8) is 0 Å². The summed E-state index contributed by atoms with van der Waals surface area (Å²) in [7, 11) is 0. The van der Waals surface area contributed by atoms with Crippen LogP contribution in [0.4, 0.5) is 0 Å². The summed E-state index contributed by atoms with van der Waals surface area (Å²) in [5, 5.41) is 3.56. The first-order valence-corrected chi connectivity index (χ1v) is 8.54. The molecule has 0 radical (unpaired) electrons. The zero-order valence-corrected chi connectivity index (χ0v) is 15.8. The van der Waals surface area contributed by atoms with Crippen LogP contribution in [0.3, 0.4) is 0 Å². The standard InChI is InChI=1S/C20H24ClNO3/c1-14-5-9-17(10-6-14)25-18(19(23)22-20(2,3)4)13-24-16-11-7-15(21)8-12-16/h5-12,18H,13H2,1-4H3,(H,22,23). The van der Waals surface area contributed by atoms with Gasteiger partial charge >= 0.3 is 0 Å². The Hall–Kier alpha value is -2.20. The lowest BCUT2D eigenvalue weighted by molar-refractivity contribution is -0.130. The highest BCUT2D eigenvalue weighted by molar-refractivity contribution is 6.30. The van der Waals surface area contributed by atoms with E-state index in [0.717, 1.165) is 5.56 Å². The number of nitrogens with one attached hydrogen (secondary N) is 1. The maximum absolute atomic E-state index is 12.6.